The van der Waals surface area contributed by atoms with Crippen LogP contribution in [0.5, 0.6) is 0 Å². The van der Waals surface area contributed by atoms with Crippen LogP contribution in [0.15, 0.2) is 47.1 Å². The Hall–Kier alpha value is -2.62. The van der Waals surface area contributed by atoms with Crippen molar-refractivity contribution in [2.75, 3.05) is 13.2 Å². The Morgan fingerprint density at radius 3 is 2.96 bits per heavy atom. The van der Waals surface area contributed by atoms with Gasteiger partial charge in [-0.25, -0.2) is 14.5 Å². The number of ether oxygens (including phenoxy) is 1. The molecule has 1 saturated heterocycles. The first-order valence-electron chi connectivity index (χ1n) is 8.85. The third-order valence-corrected chi connectivity index (χ3v) is 5.77. The number of aromatic nitrogens is 4. The number of hydrogen-bond donors (Lipinski definition) is 1. The first kappa shape index (κ1) is 17.5. The molecule has 2 unspecified atom stereocenters. The van der Waals surface area contributed by atoms with Crippen LogP contribution in [0.3, 0.4) is 0 Å². The van der Waals surface area contributed by atoms with E-state index in [0.29, 0.717) is 19.0 Å². The summed E-state index contributed by atoms with van der Waals surface area (Å²) in [7, 11) is 0. The van der Waals surface area contributed by atoms with E-state index < -0.39 is 11.7 Å². The number of carbonyl (C=O) groups is 1. The molecule has 0 amide bonds. The summed E-state index contributed by atoms with van der Waals surface area (Å²) in [4.78, 5) is 22.6. The SMILES string of the molecule is CC1c2nc(C(=O)O)nn2-c2ccc(Br)cc2C2(c3ccccn3)OCCN12. The first-order chi connectivity index (χ1) is 13.5. The lowest BCUT2D eigenvalue weighted by atomic mass is 9.95. The largest absolute Gasteiger partial charge is 0.475 e. The van der Waals surface area contributed by atoms with E-state index in [4.69, 9.17) is 4.74 Å². The van der Waals surface area contributed by atoms with Crippen LogP contribution in [0.1, 0.15) is 40.7 Å². The Morgan fingerprint density at radius 1 is 1.36 bits per heavy atom. The second-order valence-electron chi connectivity index (χ2n) is 6.75. The summed E-state index contributed by atoms with van der Waals surface area (Å²) < 4.78 is 8.89. The maximum absolute atomic E-state index is 11.5. The van der Waals surface area contributed by atoms with Gasteiger partial charge in [-0.15, -0.1) is 5.10 Å². The van der Waals surface area contributed by atoms with Crippen molar-refractivity contribution in [3.8, 4) is 5.69 Å². The molecule has 2 aliphatic heterocycles. The lowest BCUT2D eigenvalue weighted by Crippen LogP contribution is -2.44. The zero-order valence-corrected chi connectivity index (χ0v) is 16.5. The Kier molecular flexibility index (Phi) is 3.87. The molecule has 0 bridgehead atoms. The molecule has 2 aliphatic rings. The van der Waals surface area contributed by atoms with E-state index in [0.717, 1.165) is 21.4 Å². The highest BCUT2D eigenvalue weighted by Crippen LogP contribution is 2.49. The molecule has 0 radical (unpaired) electrons. The van der Waals surface area contributed by atoms with E-state index in [-0.39, 0.29) is 11.9 Å². The molecule has 1 N–H and O–H groups in total. The fraction of sp³-hybridized carbons (Fsp3) is 0.263. The number of carboxylic acids is 1. The van der Waals surface area contributed by atoms with E-state index in [2.05, 4.69) is 35.9 Å². The second-order valence-corrected chi connectivity index (χ2v) is 7.66. The number of pyridine rings is 1. The molecule has 0 saturated carbocycles. The Labute approximate surface area is 168 Å². The number of rotatable bonds is 2. The molecule has 1 aromatic carbocycles. The van der Waals surface area contributed by atoms with Gasteiger partial charge >= 0.3 is 5.97 Å². The van der Waals surface area contributed by atoms with E-state index >= 15 is 0 Å². The monoisotopic (exact) mass is 441 g/mol. The predicted octanol–water partition coefficient (Wildman–Crippen LogP) is 2.73. The second kappa shape index (κ2) is 6.20. The van der Waals surface area contributed by atoms with Crippen molar-refractivity contribution in [2.24, 2.45) is 0 Å². The zero-order chi connectivity index (χ0) is 19.5. The van der Waals surface area contributed by atoms with Crippen molar-refractivity contribution < 1.29 is 14.6 Å². The Morgan fingerprint density at radius 2 is 2.21 bits per heavy atom. The summed E-state index contributed by atoms with van der Waals surface area (Å²) in [5.41, 5.74) is 1.42. The summed E-state index contributed by atoms with van der Waals surface area (Å²) in [5, 5.41) is 13.7. The van der Waals surface area contributed by atoms with Crippen LogP contribution in [-0.2, 0) is 10.5 Å². The number of fused-ring (bicyclic) bond motifs is 5. The molecule has 3 aromatic rings. The van der Waals surface area contributed by atoms with Crippen LogP contribution >= 0.6 is 15.9 Å². The van der Waals surface area contributed by atoms with Gasteiger partial charge in [-0.1, -0.05) is 22.0 Å². The van der Waals surface area contributed by atoms with Gasteiger partial charge in [0, 0.05) is 22.8 Å². The molecule has 28 heavy (non-hydrogen) atoms. The molecular weight excluding hydrogens is 426 g/mol. The normalized spacial score (nSPS) is 23.6. The van der Waals surface area contributed by atoms with E-state index in [9.17, 15) is 9.90 Å². The average Bonchev–Trinajstić information content (AvgIpc) is 3.32. The maximum Gasteiger partial charge on any atom is 0.375 e. The first-order valence-corrected chi connectivity index (χ1v) is 9.64. The number of hydrogen-bond acceptors (Lipinski definition) is 6. The van der Waals surface area contributed by atoms with Gasteiger partial charge in [0.1, 0.15) is 5.82 Å². The zero-order valence-electron chi connectivity index (χ0n) is 14.9. The van der Waals surface area contributed by atoms with Crippen molar-refractivity contribution >= 4 is 21.9 Å². The summed E-state index contributed by atoms with van der Waals surface area (Å²) in [5.74, 6) is -0.814. The molecule has 142 valence electrons. The summed E-state index contributed by atoms with van der Waals surface area (Å²) in [6, 6.07) is 11.3. The maximum atomic E-state index is 11.5. The van der Waals surface area contributed by atoms with E-state index in [1.165, 1.54) is 0 Å². The predicted molar refractivity (Wildman–Crippen MR) is 102 cm³/mol. The average molecular weight is 442 g/mol. The Bertz CT molecular complexity index is 1090. The molecular formula is C19H16BrN5O3. The van der Waals surface area contributed by atoms with Crippen LogP contribution < -0.4 is 0 Å². The number of nitrogens with zero attached hydrogens (tertiary/aromatic N) is 5. The summed E-state index contributed by atoms with van der Waals surface area (Å²) in [6.45, 7) is 3.16. The molecule has 5 rings (SSSR count). The van der Waals surface area contributed by atoms with Crippen molar-refractivity contribution in [1.82, 2.24) is 24.6 Å². The van der Waals surface area contributed by atoms with Gasteiger partial charge < -0.3 is 9.84 Å². The molecule has 8 nitrogen and oxygen atoms in total. The van der Waals surface area contributed by atoms with Gasteiger partial charge in [0.25, 0.3) is 5.82 Å². The lowest BCUT2D eigenvalue weighted by molar-refractivity contribution is -0.0708. The van der Waals surface area contributed by atoms with Crippen molar-refractivity contribution in [1.29, 1.82) is 0 Å². The van der Waals surface area contributed by atoms with Crippen LogP contribution in [0, 0.1) is 0 Å². The van der Waals surface area contributed by atoms with Gasteiger partial charge in [0.05, 0.1) is 24.0 Å². The van der Waals surface area contributed by atoms with Gasteiger partial charge in [-0.2, -0.15) is 0 Å². The highest BCUT2D eigenvalue weighted by atomic mass is 79.9. The number of carboxylic acid groups (broad SMARTS) is 1. The summed E-state index contributed by atoms with van der Waals surface area (Å²) in [6.07, 6.45) is 1.75. The van der Waals surface area contributed by atoms with Gasteiger partial charge in [0.15, 0.2) is 5.72 Å². The fourth-order valence-electron chi connectivity index (χ4n) is 4.12. The third kappa shape index (κ3) is 2.30. The van der Waals surface area contributed by atoms with Gasteiger partial charge in [-0.05, 0) is 37.3 Å². The minimum absolute atomic E-state index is 0.221. The van der Waals surface area contributed by atoms with Crippen LogP contribution in [0.25, 0.3) is 5.69 Å². The van der Waals surface area contributed by atoms with E-state index in [1.807, 2.05) is 43.3 Å². The molecule has 2 atom stereocenters. The highest BCUT2D eigenvalue weighted by molar-refractivity contribution is 9.10. The topological polar surface area (TPSA) is 93.4 Å². The molecule has 4 heterocycles. The Balaban J connectivity index is 1.87. The standard InChI is InChI=1S/C19H16BrN5O3/c1-11-17-22-16(18(26)27)23-25(17)14-6-5-12(20)10-13(14)19(24(11)8-9-28-19)15-4-2-3-7-21-15/h2-7,10-11H,8-9H2,1H3,(H,26,27). The molecule has 9 heteroatoms. The lowest BCUT2D eigenvalue weighted by Gasteiger charge is -2.38. The van der Waals surface area contributed by atoms with Gasteiger partial charge in [-0.3, -0.25) is 9.88 Å². The van der Waals surface area contributed by atoms with Crippen LogP contribution in [0.4, 0.5) is 0 Å². The van der Waals surface area contributed by atoms with Crippen LogP contribution in [0.2, 0.25) is 0 Å². The van der Waals surface area contributed by atoms with Crippen molar-refractivity contribution in [3.05, 3.63) is 70.0 Å². The van der Waals surface area contributed by atoms with E-state index in [1.54, 1.807) is 10.9 Å². The van der Waals surface area contributed by atoms with Crippen molar-refractivity contribution in [3.63, 3.8) is 0 Å². The highest BCUT2D eigenvalue weighted by Gasteiger charge is 2.53. The third-order valence-electron chi connectivity index (χ3n) is 5.28. The molecule has 1 fully saturated rings. The van der Waals surface area contributed by atoms with Crippen molar-refractivity contribution in [2.45, 2.75) is 18.7 Å². The van der Waals surface area contributed by atoms with Crippen LogP contribution in [-0.4, -0.2) is 48.9 Å². The molecule has 0 aliphatic carbocycles. The number of halogens is 1. The smallest absolute Gasteiger partial charge is 0.375 e. The minimum atomic E-state index is -1.15. The molecule has 2 aromatic heterocycles. The fourth-order valence-corrected chi connectivity index (χ4v) is 4.48. The quantitative estimate of drug-likeness (QED) is 0.653. The minimum Gasteiger partial charge on any atom is -0.475 e. The number of benzene rings is 1. The molecule has 0 spiro atoms. The number of aromatic carboxylic acids is 1. The van der Waals surface area contributed by atoms with Gasteiger partial charge in [0.2, 0.25) is 0 Å². The summed E-state index contributed by atoms with van der Waals surface area (Å²) >= 11 is 3.56.